The van der Waals surface area contributed by atoms with Gasteiger partial charge >= 0.3 is 0 Å². The first-order valence-corrected chi connectivity index (χ1v) is 10.5. The van der Waals surface area contributed by atoms with E-state index in [0.29, 0.717) is 22.0 Å². The van der Waals surface area contributed by atoms with Gasteiger partial charge in [-0.3, -0.25) is 19.8 Å². The molecule has 0 saturated heterocycles. The van der Waals surface area contributed by atoms with Gasteiger partial charge in [-0.2, -0.15) is 0 Å². The first-order valence-electron chi connectivity index (χ1n) is 9.27. The lowest BCUT2D eigenvalue weighted by Crippen LogP contribution is -2.28. The molecule has 6 nitrogen and oxygen atoms in total. The lowest BCUT2D eigenvalue weighted by molar-refractivity contribution is -0.384. The van der Waals surface area contributed by atoms with E-state index in [1.807, 2.05) is 30.3 Å². The fourth-order valence-corrected chi connectivity index (χ4v) is 4.64. The van der Waals surface area contributed by atoms with Crippen LogP contribution >= 0.6 is 23.4 Å². The van der Waals surface area contributed by atoms with Crippen molar-refractivity contribution in [1.82, 2.24) is 0 Å². The molecule has 152 valence electrons. The summed E-state index contributed by atoms with van der Waals surface area (Å²) in [5.74, 6) is 0.139. The Hall–Kier alpha value is -3.55. The Morgan fingerprint density at radius 1 is 0.935 bits per heavy atom. The predicted octanol–water partition coefficient (Wildman–Crippen LogP) is 6.95. The van der Waals surface area contributed by atoms with E-state index in [2.05, 4.69) is 0 Å². The van der Waals surface area contributed by atoms with Gasteiger partial charge in [0.1, 0.15) is 5.76 Å². The minimum Gasteiger partial charge on any atom is -0.451 e. The molecular weight excluding hydrogens is 436 g/mol. The van der Waals surface area contributed by atoms with Gasteiger partial charge < -0.3 is 4.42 Å². The van der Waals surface area contributed by atoms with Gasteiger partial charge in [-0.25, -0.2) is 0 Å². The van der Waals surface area contributed by atoms with Gasteiger partial charge in [0.2, 0.25) is 0 Å². The molecule has 1 aliphatic rings. The number of nitrogens with zero attached hydrogens (tertiary/aromatic N) is 2. The monoisotopic (exact) mass is 448 g/mol. The van der Waals surface area contributed by atoms with E-state index in [4.69, 9.17) is 16.0 Å². The van der Waals surface area contributed by atoms with Gasteiger partial charge in [-0.15, -0.1) is 0 Å². The third-order valence-corrected chi connectivity index (χ3v) is 6.21. The molecule has 1 amide bonds. The topological polar surface area (TPSA) is 76.6 Å². The number of benzene rings is 3. The molecule has 2 heterocycles. The van der Waals surface area contributed by atoms with Crippen molar-refractivity contribution in [3.05, 3.63) is 99.8 Å². The zero-order valence-electron chi connectivity index (χ0n) is 15.8. The van der Waals surface area contributed by atoms with Crippen LogP contribution in [0.1, 0.15) is 10.6 Å². The molecule has 0 N–H and O–H groups in total. The number of nitro benzene ring substituents is 1. The third-order valence-electron chi connectivity index (χ3n) is 4.85. The molecule has 3 aromatic carbocycles. The van der Waals surface area contributed by atoms with Crippen molar-refractivity contribution < 1.29 is 14.1 Å². The highest BCUT2D eigenvalue weighted by atomic mass is 35.5. The first-order chi connectivity index (χ1) is 15.0. The molecule has 0 aliphatic carbocycles. The van der Waals surface area contributed by atoms with E-state index >= 15 is 0 Å². The van der Waals surface area contributed by atoms with Crippen LogP contribution in [0, 0.1) is 10.1 Å². The SMILES string of the molecule is O=C(c1ccc(-c2cccc([N+](=O)[O-])c2)o1)N1c2ccccc2Sc2ccc(Cl)cc21. The Morgan fingerprint density at radius 3 is 2.58 bits per heavy atom. The molecule has 0 spiro atoms. The summed E-state index contributed by atoms with van der Waals surface area (Å²) in [6.45, 7) is 0. The van der Waals surface area contributed by atoms with E-state index < -0.39 is 4.92 Å². The number of carbonyl (C=O) groups is 1. The molecular formula is C23H13ClN2O4S. The smallest absolute Gasteiger partial charge is 0.298 e. The van der Waals surface area contributed by atoms with Crippen molar-refractivity contribution >= 4 is 46.3 Å². The van der Waals surface area contributed by atoms with Gasteiger partial charge in [0.15, 0.2) is 5.76 Å². The Morgan fingerprint density at radius 2 is 1.74 bits per heavy atom. The zero-order chi connectivity index (χ0) is 21.5. The minimum atomic E-state index is -0.471. The number of para-hydroxylation sites is 1. The van der Waals surface area contributed by atoms with Crippen LogP contribution in [-0.2, 0) is 0 Å². The van der Waals surface area contributed by atoms with E-state index in [9.17, 15) is 14.9 Å². The number of halogens is 1. The van der Waals surface area contributed by atoms with Crippen molar-refractivity contribution in [1.29, 1.82) is 0 Å². The van der Waals surface area contributed by atoms with Crippen LogP contribution in [0.3, 0.4) is 0 Å². The summed E-state index contributed by atoms with van der Waals surface area (Å²) < 4.78 is 5.83. The Balaban J connectivity index is 1.57. The normalized spacial score (nSPS) is 12.2. The Kier molecular flexibility index (Phi) is 4.77. The number of carbonyl (C=O) groups excluding carboxylic acids is 1. The van der Waals surface area contributed by atoms with E-state index in [-0.39, 0.29) is 17.4 Å². The predicted molar refractivity (Wildman–Crippen MR) is 119 cm³/mol. The van der Waals surface area contributed by atoms with Crippen LogP contribution in [0.4, 0.5) is 17.1 Å². The first kappa shape index (κ1) is 19.4. The molecule has 5 rings (SSSR count). The van der Waals surface area contributed by atoms with Crippen molar-refractivity contribution in [3.63, 3.8) is 0 Å². The van der Waals surface area contributed by atoms with Crippen LogP contribution in [0.5, 0.6) is 0 Å². The van der Waals surface area contributed by atoms with Crippen LogP contribution < -0.4 is 4.90 Å². The number of hydrogen-bond donors (Lipinski definition) is 0. The Bertz CT molecular complexity index is 1350. The van der Waals surface area contributed by atoms with Crippen LogP contribution in [0.25, 0.3) is 11.3 Å². The number of anilines is 2. The maximum Gasteiger partial charge on any atom is 0.298 e. The van der Waals surface area contributed by atoms with Crippen molar-refractivity contribution in [2.24, 2.45) is 0 Å². The highest BCUT2D eigenvalue weighted by Gasteiger charge is 2.31. The van der Waals surface area contributed by atoms with Crippen LogP contribution in [-0.4, -0.2) is 10.8 Å². The highest BCUT2D eigenvalue weighted by molar-refractivity contribution is 7.99. The third kappa shape index (κ3) is 3.48. The number of rotatable bonds is 3. The summed E-state index contributed by atoms with van der Waals surface area (Å²) in [6.07, 6.45) is 0. The molecule has 1 aliphatic heterocycles. The minimum absolute atomic E-state index is 0.0488. The van der Waals surface area contributed by atoms with Crippen LogP contribution in [0.15, 0.2) is 93.1 Å². The molecule has 0 saturated carbocycles. The van der Waals surface area contributed by atoms with Crippen molar-refractivity contribution in [2.75, 3.05) is 4.90 Å². The standard InChI is InChI=1S/C23H13ClN2O4S/c24-15-8-11-22-18(13-15)25(17-6-1-2-7-21(17)31-22)23(27)20-10-9-19(30-20)14-4-3-5-16(12-14)26(28)29/h1-13H. The van der Waals surface area contributed by atoms with Crippen molar-refractivity contribution in [2.45, 2.75) is 9.79 Å². The van der Waals surface area contributed by atoms with E-state index in [0.717, 1.165) is 15.5 Å². The van der Waals surface area contributed by atoms with E-state index in [1.54, 1.807) is 53.1 Å². The number of fused-ring (bicyclic) bond motifs is 2. The molecule has 0 unspecified atom stereocenters. The van der Waals surface area contributed by atoms with Crippen LogP contribution in [0.2, 0.25) is 5.02 Å². The quantitative estimate of drug-likeness (QED) is 0.250. The molecule has 4 aromatic rings. The number of hydrogen-bond acceptors (Lipinski definition) is 5. The molecule has 0 bridgehead atoms. The molecule has 0 atom stereocenters. The largest absolute Gasteiger partial charge is 0.451 e. The van der Waals surface area contributed by atoms with Gasteiger partial charge in [0.25, 0.3) is 11.6 Å². The summed E-state index contributed by atoms with van der Waals surface area (Å²) in [6, 6.07) is 22.3. The molecule has 0 radical (unpaired) electrons. The van der Waals surface area contributed by atoms with Gasteiger partial charge in [-0.1, -0.05) is 47.6 Å². The number of furan rings is 1. The maximum absolute atomic E-state index is 13.5. The average molecular weight is 449 g/mol. The maximum atomic E-state index is 13.5. The molecule has 8 heteroatoms. The molecule has 31 heavy (non-hydrogen) atoms. The zero-order valence-corrected chi connectivity index (χ0v) is 17.4. The number of nitro groups is 1. The summed E-state index contributed by atoms with van der Waals surface area (Å²) in [5.41, 5.74) is 1.88. The van der Waals surface area contributed by atoms with E-state index in [1.165, 1.54) is 12.1 Å². The highest BCUT2D eigenvalue weighted by Crippen LogP contribution is 2.49. The summed E-state index contributed by atoms with van der Waals surface area (Å²) in [4.78, 5) is 27.6. The fourth-order valence-electron chi connectivity index (χ4n) is 3.44. The van der Waals surface area contributed by atoms with Gasteiger partial charge in [-0.05, 0) is 42.5 Å². The fraction of sp³-hybridized carbons (Fsp3) is 0. The molecule has 0 fully saturated rings. The second kappa shape index (κ2) is 7.61. The number of amides is 1. The number of non-ortho nitro benzene ring substituents is 1. The average Bonchev–Trinajstić information content (AvgIpc) is 3.28. The lowest BCUT2D eigenvalue weighted by Gasteiger charge is -2.30. The van der Waals surface area contributed by atoms with Crippen molar-refractivity contribution in [3.8, 4) is 11.3 Å². The second-order valence-electron chi connectivity index (χ2n) is 6.79. The Labute approximate surface area is 186 Å². The summed E-state index contributed by atoms with van der Waals surface area (Å²) in [7, 11) is 0. The summed E-state index contributed by atoms with van der Waals surface area (Å²) >= 11 is 7.79. The summed E-state index contributed by atoms with van der Waals surface area (Å²) in [5, 5.41) is 11.6. The van der Waals surface area contributed by atoms with Gasteiger partial charge in [0.05, 0.1) is 16.3 Å². The van der Waals surface area contributed by atoms with Gasteiger partial charge in [0, 0.05) is 32.5 Å². The second-order valence-corrected chi connectivity index (χ2v) is 8.31. The lowest BCUT2D eigenvalue weighted by atomic mass is 10.1. The molecule has 1 aromatic heterocycles.